The van der Waals surface area contributed by atoms with Crippen LogP contribution >= 0.6 is 23.2 Å². The van der Waals surface area contributed by atoms with Gasteiger partial charge < -0.3 is 39.6 Å². The maximum absolute atomic E-state index is 13.7. The van der Waals surface area contributed by atoms with E-state index >= 15 is 0 Å². The smallest absolute Gasteiger partial charge is 0.318 e. The fraction of sp³-hybridized carbons (Fsp3) is 0.289. The van der Waals surface area contributed by atoms with Gasteiger partial charge in [-0.05, 0) is 117 Å². The van der Waals surface area contributed by atoms with Gasteiger partial charge in [0.25, 0.3) is 6.47 Å². The number of rotatable bonds is 11. The first-order valence-electron chi connectivity index (χ1n) is 19.2. The van der Waals surface area contributed by atoms with E-state index < -0.39 is 6.04 Å². The molecule has 0 aliphatic carbocycles. The normalized spacial score (nSPS) is 15.3. The average Bonchev–Trinajstić information content (AvgIpc) is 3.22. The van der Waals surface area contributed by atoms with E-state index in [1.165, 1.54) is 0 Å². The molecule has 2 unspecified atom stereocenters. The van der Waals surface area contributed by atoms with E-state index in [9.17, 15) is 9.59 Å². The van der Waals surface area contributed by atoms with Gasteiger partial charge >= 0.3 is 6.03 Å². The van der Waals surface area contributed by atoms with Crippen LogP contribution in [-0.4, -0.2) is 58.6 Å². The standard InChI is InChI=1S/C44H44Cl2N4O6.CH2O2/c1-26(2)49-44(52)50-23-33-22-41-40(54-25-42(56-41)31-8-12-34(13-9-31)53-24-30-7-14-36(45)37(46)19-30)21-32(33)20-38(50)43(51)48-17-15-29-5-10-35(11-6-29)55-39-16-18-47-28(4)27(39)3;2-1-3/h5-14,16,18-19,21-22,26,38,42H,15,17,20,23-25H2,1-4H3,(H,48,51)(H,49,52);1H,(H,2,3). The van der Waals surface area contributed by atoms with Gasteiger partial charge in [0, 0.05) is 43.0 Å². The molecule has 3 N–H and O–H groups in total. The van der Waals surface area contributed by atoms with Crippen molar-refractivity contribution < 1.29 is 38.4 Å². The summed E-state index contributed by atoms with van der Waals surface area (Å²) in [4.78, 5) is 41.5. The zero-order valence-corrected chi connectivity index (χ0v) is 34.7. The number of aromatic nitrogens is 1. The number of aryl methyl sites for hydroxylation is 1. The Bertz CT molecular complexity index is 2270. The van der Waals surface area contributed by atoms with Crippen LogP contribution in [0.4, 0.5) is 4.79 Å². The second-order valence-corrected chi connectivity index (χ2v) is 15.3. The summed E-state index contributed by atoms with van der Waals surface area (Å²) >= 11 is 12.2. The molecule has 0 fully saturated rings. The number of urea groups is 1. The summed E-state index contributed by atoms with van der Waals surface area (Å²) in [6.07, 6.45) is 2.36. The van der Waals surface area contributed by atoms with Gasteiger partial charge in [-0.3, -0.25) is 14.6 Å². The zero-order chi connectivity index (χ0) is 42.1. The maximum Gasteiger partial charge on any atom is 0.318 e. The van der Waals surface area contributed by atoms with E-state index in [0.717, 1.165) is 50.6 Å². The van der Waals surface area contributed by atoms with Gasteiger partial charge in [-0.15, -0.1) is 0 Å². The highest BCUT2D eigenvalue weighted by atomic mass is 35.5. The number of hydrogen-bond donors (Lipinski definition) is 3. The molecule has 14 heteroatoms. The minimum atomic E-state index is -0.697. The minimum Gasteiger partial charge on any atom is -0.489 e. The third-order valence-corrected chi connectivity index (χ3v) is 10.7. The number of hydrogen-bond acceptors (Lipinski definition) is 8. The van der Waals surface area contributed by atoms with E-state index in [1.54, 1.807) is 23.2 Å². The van der Waals surface area contributed by atoms with Crippen molar-refractivity contribution in [1.29, 1.82) is 0 Å². The highest BCUT2D eigenvalue weighted by Crippen LogP contribution is 2.41. The molecule has 0 radical (unpaired) electrons. The Hall–Kier alpha value is -5.98. The van der Waals surface area contributed by atoms with Crippen LogP contribution in [0.15, 0.2) is 91.1 Å². The molecule has 0 bridgehead atoms. The number of halogens is 2. The number of fused-ring (bicyclic) bond motifs is 2. The quantitative estimate of drug-likeness (QED) is 0.111. The molecule has 59 heavy (non-hydrogen) atoms. The van der Waals surface area contributed by atoms with Crippen LogP contribution in [0.25, 0.3) is 0 Å². The lowest BCUT2D eigenvalue weighted by Crippen LogP contribution is -2.56. The Morgan fingerprint density at radius 3 is 2.34 bits per heavy atom. The van der Waals surface area contributed by atoms with Crippen LogP contribution in [0.5, 0.6) is 28.7 Å². The number of ether oxygens (including phenoxy) is 4. The third-order valence-electron chi connectivity index (χ3n) is 9.94. The van der Waals surface area contributed by atoms with E-state index in [0.29, 0.717) is 59.9 Å². The summed E-state index contributed by atoms with van der Waals surface area (Å²) in [6.45, 7) is 8.82. The van der Waals surface area contributed by atoms with Crippen LogP contribution in [-0.2, 0) is 35.6 Å². The molecule has 0 saturated carbocycles. The Morgan fingerprint density at radius 1 is 0.932 bits per heavy atom. The summed E-state index contributed by atoms with van der Waals surface area (Å²) in [5, 5.41) is 13.9. The second kappa shape index (κ2) is 19.6. The predicted octanol–water partition coefficient (Wildman–Crippen LogP) is 8.79. The largest absolute Gasteiger partial charge is 0.489 e. The van der Waals surface area contributed by atoms with Crippen molar-refractivity contribution in [2.24, 2.45) is 0 Å². The van der Waals surface area contributed by atoms with Crippen LogP contribution in [0.3, 0.4) is 0 Å². The Labute approximate surface area is 353 Å². The van der Waals surface area contributed by atoms with Crippen molar-refractivity contribution in [2.75, 3.05) is 13.2 Å². The van der Waals surface area contributed by atoms with Crippen molar-refractivity contribution in [1.82, 2.24) is 20.5 Å². The molecule has 2 aliphatic rings. The van der Waals surface area contributed by atoms with Crippen molar-refractivity contribution >= 4 is 41.6 Å². The number of carboxylic acid groups (broad SMARTS) is 1. The summed E-state index contributed by atoms with van der Waals surface area (Å²) in [7, 11) is 0. The minimum absolute atomic E-state index is 0.0974. The zero-order valence-electron chi connectivity index (χ0n) is 33.2. The first-order chi connectivity index (χ1) is 28.4. The summed E-state index contributed by atoms with van der Waals surface area (Å²) in [6, 6.07) is 25.6. The van der Waals surface area contributed by atoms with Crippen LogP contribution in [0.2, 0.25) is 10.0 Å². The summed E-state index contributed by atoms with van der Waals surface area (Å²) in [5.74, 6) is 3.20. The van der Waals surface area contributed by atoms with Gasteiger partial charge in [0.15, 0.2) is 17.6 Å². The first kappa shape index (κ1) is 42.6. The molecule has 3 heterocycles. The van der Waals surface area contributed by atoms with Gasteiger partial charge in [-0.1, -0.05) is 53.5 Å². The number of amides is 3. The molecule has 1 aromatic heterocycles. The van der Waals surface area contributed by atoms with Crippen molar-refractivity contribution in [3.63, 3.8) is 0 Å². The highest BCUT2D eigenvalue weighted by Gasteiger charge is 2.36. The molecule has 3 amide bonds. The molecule has 5 aromatic rings. The molecule has 2 atom stereocenters. The Morgan fingerprint density at radius 2 is 1.63 bits per heavy atom. The van der Waals surface area contributed by atoms with Crippen LogP contribution < -0.4 is 29.6 Å². The van der Waals surface area contributed by atoms with Crippen LogP contribution in [0, 0.1) is 13.8 Å². The lowest BCUT2D eigenvalue weighted by atomic mass is 9.92. The predicted molar refractivity (Wildman–Crippen MR) is 225 cm³/mol. The number of benzene rings is 4. The van der Waals surface area contributed by atoms with Gasteiger partial charge in [-0.25, -0.2) is 4.79 Å². The Balaban J connectivity index is 0.00000189. The molecule has 308 valence electrons. The fourth-order valence-corrected chi connectivity index (χ4v) is 7.01. The molecule has 2 aliphatic heterocycles. The summed E-state index contributed by atoms with van der Waals surface area (Å²) in [5.41, 5.74) is 6.67. The number of nitrogens with one attached hydrogen (secondary N) is 2. The Kier molecular flexibility index (Phi) is 14.2. The second-order valence-electron chi connectivity index (χ2n) is 14.5. The van der Waals surface area contributed by atoms with Crippen molar-refractivity contribution in [3.8, 4) is 28.7 Å². The van der Waals surface area contributed by atoms with Gasteiger partial charge in [0.2, 0.25) is 5.91 Å². The SMILES string of the molecule is Cc1nccc(Oc2ccc(CCNC(=O)C3Cc4cc5c(cc4CN3C(=O)NC(C)C)OC(c3ccc(OCc4ccc(Cl)c(Cl)c4)cc3)CO5)cc2)c1C.O=CO. The monoisotopic (exact) mass is 840 g/mol. The molecule has 4 aromatic carbocycles. The van der Waals surface area contributed by atoms with E-state index in [1.807, 2.05) is 100 Å². The first-order valence-corrected chi connectivity index (χ1v) is 19.9. The van der Waals surface area contributed by atoms with Gasteiger partial charge in [0.05, 0.1) is 10.0 Å². The molecular weight excluding hydrogens is 795 g/mol. The van der Waals surface area contributed by atoms with Crippen molar-refractivity contribution in [3.05, 3.63) is 140 Å². The number of nitrogens with zero attached hydrogens (tertiary/aromatic N) is 2. The molecule has 0 saturated heterocycles. The van der Waals surface area contributed by atoms with Crippen molar-refractivity contribution in [2.45, 2.75) is 71.9 Å². The van der Waals surface area contributed by atoms with Gasteiger partial charge in [-0.2, -0.15) is 0 Å². The molecular formula is C45H46Cl2N4O8. The lowest BCUT2D eigenvalue weighted by molar-refractivity contribution is -0.126. The third kappa shape index (κ3) is 11.0. The number of carbonyl (C=O) groups is 3. The van der Waals surface area contributed by atoms with Crippen LogP contribution in [0.1, 0.15) is 59.0 Å². The highest BCUT2D eigenvalue weighted by molar-refractivity contribution is 6.42. The average molecular weight is 842 g/mol. The number of pyridine rings is 1. The molecule has 7 rings (SSSR count). The van der Waals surface area contributed by atoms with Gasteiger partial charge in [0.1, 0.15) is 36.5 Å². The molecule has 12 nitrogen and oxygen atoms in total. The van der Waals surface area contributed by atoms with E-state index in [2.05, 4.69) is 15.6 Å². The topological polar surface area (TPSA) is 149 Å². The van der Waals surface area contributed by atoms with E-state index in [4.69, 9.17) is 52.1 Å². The fourth-order valence-electron chi connectivity index (χ4n) is 6.69. The maximum atomic E-state index is 13.7. The number of carbonyl (C=O) groups excluding carboxylic acids is 2. The summed E-state index contributed by atoms with van der Waals surface area (Å²) < 4.78 is 24.7. The van der Waals surface area contributed by atoms with E-state index in [-0.39, 0.29) is 37.1 Å². The molecule has 0 spiro atoms. The lowest BCUT2D eigenvalue weighted by Gasteiger charge is -2.37.